The highest BCUT2D eigenvalue weighted by atomic mass is 19.4. The van der Waals surface area contributed by atoms with Gasteiger partial charge in [-0.25, -0.2) is 9.40 Å². The molecule has 1 aromatic carbocycles. The molecule has 134 valence electrons. The van der Waals surface area contributed by atoms with E-state index in [9.17, 15) is 22.4 Å². The lowest BCUT2D eigenvalue weighted by Gasteiger charge is -2.29. The van der Waals surface area contributed by atoms with E-state index in [0.717, 1.165) is 10.6 Å². The fourth-order valence-electron chi connectivity index (χ4n) is 2.86. The molecule has 0 aromatic heterocycles. The molecule has 0 bridgehead atoms. The first-order valence-electron chi connectivity index (χ1n) is 7.98. The molecule has 1 amide bonds. The molecule has 24 heavy (non-hydrogen) atoms. The number of halogens is 4. The molecule has 1 fully saturated rings. The molecular weight excluding hydrogens is 324 g/mol. The summed E-state index contributed by atoms with van der Waals surface area (Å²) < 4.78 is 53.0. The highest BCUT2D eigenvalue weighted by Crippen LogP contribution is 2.33. The average molecular weight is 346 g/mol. The van der Waals surface area contributed by atoms with Crippen molar-refractivity contribution in [2.24, 2.45) is 5.41 Å². The number of rotatable bonds is 6. The van der Waals surface area contributed by atoms with Crippen LogP contribution in [0.15, 0.2) is 24.3 Å². The van der Waals surface area contributed by atoms with E-state index in [0.29, 0.717) is 19.3 Å². The minimum absolute atomic E-state index is 0.0277. The van der Waals surface area contributed by atoms with Gasteiger partial charge in [0.25, 0.3) is 0 Å². The number of unbranched alkanes of at least 4 members (excludes halogenated alkanes) is 1. The third kappa shape index (κ3) is 4.69. The van der Waals surface area contributed by atoms with Gasteiger partial charge in [-0.1, -0.05) is 18.6 Å². The minimum atomic E-state index is -4.41. The van der Waals surface area contributed by atoms with Crippen molar-refractivity contribution in [2.45, 2.75) is 51.7 Å². The summed E-state index contributed by atoms with van der Waals surface area (Å²) >= 11 is 0. The van der Waals surface area contributed by atoms with E-state index in [4.69, 9.17) is 0 Å². The topological polar surface area (TPSA) is 32.3 Å². The van der Waals surface area contributed by atoms with Crippen LogP contribution in [-0.2, 0) is 11.2 Å². The Hall–Kier alpha value is -1.63. The maximum atomic E-state index is 13.3. The smallest absolute Gasteiger partial charge is 0.288 e. The Morgan fingerprint density at radius 2 is 2.00 bits per heavy atom. The van der Waals surface area contributed by atoms with Gasteiger partial charge in [-0.05, 0) is 50.8 Å². The fourth-order valence-corrected chi connectivity index (χ4v) is 2.86. The monoisotopic (exact) mass is 346 g/mol. The fraction of sp³-hybridized carbons (Fsp3) is 0.588. The Bertz CT molecular complexity index is 586. The van der Waals surface area contributed by atoms with Crippen molar-refractivity contribution in [1.29, 1.82) is 0 Å². The summed E-state index contributed by atoms with van der Waals surface area (Å²) in [5.74, 6) is -0.737. The summed E-state index contributed by atoms with van der Waals surface area (Å²) in [6, 6.07) is 4.38. The molecule has 0 radical (unpaired) electrons. The van der Waals surface area contributed by atoms with Gasteiger partial charge in [0.2, 0.25) is 5.91 Å². The molecule has 2 rings (SSSR count). The number of hydrogen-bond acceptors (Lipinski definition) is 2. The van der Waals surface area contributed by atoms with E-state index in [-0.39, 0.29) is 18.8 Å². The Kier molecular flexibility index (Phi) is 5.52. The normalized spacial score (nSPS) is 19.3. The zero-order valence-electron chi connectivity index (χ0n) is 13.8. The Balaban J connectivity index is 1.90. The molecular formula is C17H22F4N2O. The molecule has 1 saturated heterocycles. The van der Waals surface area contributed by atoms with E-state index in [1.54, 1.807) is 26.0 Å². The second kappa shape index (κ2) is 7.09. The van der Waals surface area contributed by atoms with Crippen molar-refractivity contribution in [3.63, 3.8) is 0 Å². The summed E-state index contributed by atoms with van der Waals surface area (Å²) in [6.07, 6.45) is -3.11. The standard InChI is InChI=1S/C17H22F4N2O/c1-16(2)11-23(22-15(16)24)14(17(19,20)21)9-4-3-6-12-7-5-8-13(18)10-12/h5,7-8,10,14H,3-4,6,9,11H2,1-2H3,(H,22,24). The van der Waals surface area contributed by atoms with Crippen LogP contribution in [0.1, 0.15) is 38.7 Å². The van der Waals surface area contributed by atoms with Crippen molar-refractivity contribution < 1.29 is 22.4 Å². The molecule has 1 N–H and O–H groups in total. The van der Waals surface area contributed by atoms with E-state index in [1.807, 2.05) is 0 Å². The Morgan fingerprint density at radius 3 is 2.54 bits per heavy atom. The van der Waals surface area contributed by atoms with Gasteiger partial charge >= 0.3 is 6.18 Å². The van der Waals surface area contributed by atoms with E-state index in [2.05, 4.69) is 5.43 Å². The van der Waals surface area contributed by atoms with Gasteiger partial charge < -0.3 is 0 Å². The summed E-state index contributed by atoms with van der Waals surface area (Å²) in [6.45, 7) is 3.28. The first kappa shape index (κ1) is 18.7. The average Bonchev–Trinajstić information content (AvgIpc) is 2.70. The van der Waals surface area contributed by atoms with E-state index >= 15 is 0 Å². The molecule has 1 heterocycles. The lowest BCUT2D eigenvalue weighted by Crippen LogP contribution is -2.49. The summed E-state index contributed by atoms with van der Waals surface area (Å²) in [5.41, 5.74) is 2.29. The summed E-state index contributed by atoms with van der Waals surface area (Å²) in [7, 11) is 0. The molecule has 1 aliphatic rings. The summed E-state index contributed by atoms with van der Waals surface area (Å²) in [4.78, 5) is 11.7. The molecule has 1 aromatic rings. The summed E-state index contributed by atoms with van der Waals surface area (Å²) in [5, 5.41) is 1.00. The van der Waals surface area contributed by atoms with Crippen LogP contribution in [-0.4, -0.2) is 29.7 Å². The second-order valence-electron chi connectivity index (χ2n) is 6.89. The van der Waals surface area contributed by atoms with Crippen LogP contribution >= 0.6 is 0 Å². The van der Waals surface area contributed by atoms with E-state index < -0.39 is 23.5 Å². The molecule has 0 saturated carbocycles. The van der Waals surface area contributed by atoms with Crippen molar-refractivity contribution in [3.05, 3.63) is 35.6 Å². The lowest BCUT2D eigenvalue weighted by atomic mass is 9.94. The molecule has 0 spiro atoms. The number of amides is 1. The quantitative estimate of drug-likeness (QED) is 0.627. The van der Waals surface area contributed by atoms with Gasteiger partial charge in [0.05, 0.1) is 5.41 Å². The zero-order valence-corrected chi connectivity index (χ0v) is 13.8. The predicted molar refractivity (Wildman–Crippen MR) is 82.4 cm³/mol. The largest absolute Gasteiger partial charge is 0.405 e. The van der Waals surface area contributed by atoms with Crippen LogP contribution in [0, 0.1) is 11.2 Å². The second-order valence-corrected chi connectivity index (χ2v) is 6.89. The molecule has 1 unspecified atom stereocenters. The maximum Gasteiger partial charge on any atom is 0.405 e. The van der Waals surface area contributed by atoms with Crippen LogP contribution < -0.4 is 5.43 Å². The minimum Gasteiger partial charge on any atom is -0.288 e. The number of benzene rings is 1. The molecule has 3 nitrogen and oxygen atoms in total. The van der Waals surface area contributed by atoms with Gasteiger partial charge in [0, 0.05) is 6.54 Å². The Labute approximate surface area is 139 Å². The van der Waals surface area contributed by atoms with Gasteiger partial charge in [0.15, 0.2) is 0 Å². The third-order valence-electron chi connectivity index (χ3n) is 4.26. The van der Waals surface area contributed by atoms with Gasteiger partial charge in [-0.3, -0.25) is 10.2 Å². The van der Waals surface area contributed by atoms with Crippen molar-refractivity contribution in [2.75, 3.05) is 6.54 Å². The number of nitrogens with one attached hydrogen (secondary N) is 1. The van der Waals surface area contributed by atoms with Gasteiger partial charge in [-0.2, -0.15) is 13.2 Å². The van der Waals surface area contributed by atoms with Crippen LogP contribution in [0.3, 0.4) is 0 Å². The third-order valence-corrected chi connectivity index (χ3v) is 4.26. The number of hydrazine groups is 1. The SMILES string of the molecule is CC1(C)CN(C(CCCCc2cccc(F)c2)C(F)(F)F)NC1=O. The number of carbonyl (C=O) groups is 1. The number of hydrogen-bond donors (Lipinski definition) is 1. The first-order chi connectivity index (χ1) is 11.1. The van der Waals surface area contributed by atoms with Gasteiger partial charge in [-0.15, -0.1) is 0 Å². The molecule has 1 atom stereocenters. The zero-order chi connectivity index (χ0) is 18.0. The molecule has 0 aliphatic carbocycles. The highest BCUT2D eigenvalue weighted by Gasteiger charge is 2.49. The number of carbonyl (C=O) groups excluding carboxylic acids is 1. The van der Waals surface area contributed by atoms with Crippen molar-refractivity contribution in [3.8, 4) is 0 Å². The highest BCUT2D eigenvalue weighted by molar-refractivity contribution is 5.83. The number of aryl methyl sites for hydroxylation is 1. The lowest BCUT2D eigenvalue weighted by molar-refractivity contribution is -0.190. The predicted octanol–water partition coefficient (Wildman–Crippen LogP) is 3.84. The number of alkyl halides is 3. The van der Waals surface area contributed by atoms with Crippen molar-refractivity contribution >= 4 is 5.91 Å². The van der Waals surface area contributed by atoms with Gasteiger partial charge in [0.1, 0.15) is 11.9 Å². The molecule has 7 heteroatoms. The van der Waals surface area contributed by atoms with Crippen LogP contribution in [0.2, 0.25) is 0 Å². The number of nitrogens with zero attached hydrogens (tertiary/aromatic N) is 1. The maximum absolute atomic E-state index is 13.3. The van der Waals surface area contributed by atoms with E-state index in [1.165, 1.54) is 12.1 Å². The van der Waals surface area contributed by atoms with Crippen LogP contribution in [0.25, 0.3) is 0 Å². The Morgan fingerprint density at radius 1 is 1.29 bits per heavy atom. The van der Waals surface area contributed by atoms with Crippen LogP contribution in [0.5, 0.6) is 0 Å². The van der Waals surface area contributed by atoms with Crippen LogP contribution in [0.4, 0.5) is 17.6 Å². The molecule has 1 aliphatic heterocycles. The first-order valence-corrected chi connectivity index (χ1v) is 7.98. The van der Waals surface area contributed by atoms with Crippen molar-refractivity contribution in [1.82, 2.24) is 10.4 Å².